The van der Waals surface area contributed by atoms with Crippen molar-refractivity contribution < 1.29 is 57.2 Å². The highest BCUT2D eigenvalue weighted by atomic mass is 16.6. The van der Waals surface area contributed by atoms with Crippen molar-refractivity contribution >= 4 is 36.6 Å². The number of carbonyl (C=O) groups excluding carboxylic acids is 6. The molecule has 0 aromatic carbocycles. The van der Waals surface area contributed by atoms with E-state index in [4.69, 9.17) is 34.2 Å². The summed E-state index contributed by atoms with van der Waals surface area (Å²) in [5.41, 5.74) is 0.411. The Bertz CT molecular complexity index is 1730. The van der Waals surface area contributed by atoms with Crippen molar-refractivity contribution in [2.24, 2.45) is 11.7 Å². The molecule has 6 amide bonds. The van der Waals surface area contributed by atoms with Crippen LogP contribution in [0.2, 0.25) is 0 Å². The average molecular weight is 1060 g/mol. The number of nitrogens with one attached hydrogen (secondary N) is 1. The van der Waals surface area contributed by atoms with Gasteiger partial charge in [-0.2, -0.15) is 0 Å². The van der Waals surface area contributed by atoms with Gasteiger partial charge in [0, 0.05) is 46.2 Å². The number of alkyl carbamates (subject to hydrolysis) is 1. The van der Waals surface area contributed by atoms with Crippen molar-refractivity contribution in [1.29, 1.82) is 0 Å². The normalized spacial score (nSPS) is 14.1. The van der Waals surface area contributed by atoms with E-state index >= 15 is 4.79 Å². The monoisotopic (exact) mass is 1060 g/mol. The van der Waals surface area contributed by atoms with Gasteiger partial charge in [-0.25, -0.2) is 28.8 Å². The fraction of sp³-hybridized carbons (Fsp3) is 0.891. The molecule has 19 nitrogen and oxygen atoms in total. The molecule has 0 spiro atoms. The van der Waals surface area contributed by atoms with Gasteiger partial charge in [-0.1, -0.05) is 46.5 Å². The molecule has 0 radical (unpaired) electrons. The van der Waals surface area contributed by atoms with Gasteiger partial charge in [-0.05, 0) is 182 Å². The molecule has 0 aliphatic carbocycles. The summed E-state index contributed by atoms with van der Waals surface area (Å²) in [7, 11) is 3.13. The summed E-state index contributed by atoms with van der Waals surface area (Å²) in [6, 6.07) is 0. The number of amides is 6. The summed E-state index contributed by atoms with van der Waals surface area (Å²) in [5, 5.41) is 3.00. The van der Waals surface area contributed by atoms with Crippen LogP contribution in [-0.4, -0.2) is 153 Å². The molecule has 19 heteroatoms. The molecule has 0 rings (SSSR count). The number of unbranched alkanes of at least 4 members (excludes halogenated alkanes) is 5. The molecule has 0 aromatic heterocycles. The van der Waals surface area contributed by atoms with Crippen LogP contribution in [0.25, 0.3) is 0 Å². The second kappa shape index (κ2) is 30.4. The van der Waals surface area contributed by atoms with Crippen LogP contribution in [0, 0.1) is 5.92 Å². The molecule has 0 saturated carbocycles. The highest BCUT2D eigenvalue weighted by Crippen LogP contribution is 2.40. The molecule has 0 fully saturated rings. The van der Waals surface area contributed by atoms with Crippen molar-refractivity contribution in [1.82, 2.24) is 29.8 Å². The number of nitrogens with two attached hydrogens (primary N) is 1. The lowest BCUT2D eigenvalue weighted by Crippen LogP contribution is -2.77. The first kappa shape index (κ1) is 69.6. The first-order valence-electron chi connectivity index (χ1n) is 27.3. The summed E-state index contributed by atoms with van der Waals surface area (Å²) < 4.78 is 36.0. The maximum absolute atomic E-state index is 15.0. The minimum absolute atomic E-state index is 0.0387. The van der Waals surface area contributed by atoms with E-state index in [1.165, 1.54) is 26.6 Å². The van der Waals surface area contributed by atoms with Gasteiger partial charge >= 0.3 is 36.6 Å². The van der Waals surface area contributed by atoms with Crippen LogP contribution in [0.5, 0.6) is 0 Å². The largest absolute Gasteiger partial charge is 0.444 e. The predicted octanol–water partition coefficient (Wildman–Crippen LogP) is 12.6. The summed E-state index contributed by atoms with van der Waals surface area (Å²) in [5.74, 6) is -2.87. The van der Waals surface area contributed by atoms with Gasteiger partial charge in [0.05, 0.1) is 0 Å². The Labute approximate surface area is 448 Å². The molecule has 0 heterocycles. The lowest BCUT2D eigenvalue weighted by Gasteiger charge is -2.57. The molecular weight excluding hydrogens is 951 g/mol. The molecule has 434 valence electrons. The van der Waals surface area contributed by atoms with Gasteiger partial charge in [-0.3, -0.25) is 24.5 Å². The second-order valence-electron chi connectivity index (χ2n) is 25.1. The van der Waals surface area contributed by atoms with Gasteiger partial charge < -0.3 is 39.5 Å². The Kier molecular flexibility index (Phi) is 28.5. The Morgan fingerprint density at radius 2 is 0.905 bits per heavy atom. The zero-order valence-electron chi connectivity index (χ0n) is 50.6. The van der Waals surface area contributed by atoms with Gasteiger partial charge in [0.1, 0.15) is 39.8 Å². The molecule has 0 saturated heterocycles. The molecule has 3 unspecified atom stereocenters. The molecule has 0 aromatic rings. The number of rotatable bonds is 27. The van der Waals surface area contributed by atoms with E-state index in [0.717, 1.165) is 19.3 Å². The third kappa shape index (κ3) is 25.9. The number of nitrogens with zero attached hydrogens (tertiary/aromatic N) is 5. The second-order valence-corrected chi connectivity index (χ2v) is 25.1. The van der Waals surface area contributed by atoms with Crippen molar-refractivity contribution in [2.45, 2.75) is 268 Å². The predicted molar refractivity (Wildman–Crippen MR) is 291 cm³/mol. The first-order chi connectivity index (χ1) is 33.7. The minimum atomic E-state index is -1.98. The Balaban J connectivity index is 7.64. The summed E-state index contributed by atoms with van der Waals surface area (Å²) >= 11 is 0. The Morgan fingerprint density at radius 3 is 1.36 bits per heavy atom. The van der Waals surface area contributed by atoms with Crippen LogP contribution in [0.3, 0.4) is 0 Å². The van der Waals surface area contributed by atoms with E-state index in [2.05, 4.69) is 5.32 Å². The van der Waals surface area contributed by atoms with Gasteiger partial charge in [0.25, 0.3) is 0 Å². The number of hydrogen-bond acceptors (Lipinski definition) is 13. The van der Waals surface area contributed by atoms with Crippen LogP contribution < -0.4 is 11.1 Å². The molecule has 0 bridgehead atoms. The number of hydrogen-bond donors (Lipinski definition) is 2. The average Bonchev–Trinajstić information content (AvgIpc) is 3.21. The van der Waals surface area contributed by atoms with E-state index < -0.39 is 88.0 Å². The van der Waals surface area contributed by atoms with Crippen LogP contribution in [0.4, 0.5) is 28.8 Å². The standard InChI is InChI=1S/C55H107N7O12/c1-23-26-39-62(48(68)74-53(16,17)18)55(59(22)45(65)71-50(7,8)9,61(38-25-3)47(67)73-52(13,14)15)41(33-29-27-28-32-36-56)40-57-43(63)69-54(19,20)35-31-30-34-42(58(21)44(64)70-49(4,5)6)60(37-24-2)46(66)72-51(10,11)12/h41-42H,23-40,56H2,1-22H3,(H,57,63). The van der Waals surface area contributed by atoms with E-state index in [1.54, 1.807) is 130 Å². The minimum Gasteiger partial charge on any atom is -0.444 e. The van der Waals surface area contributed by atoms with Crippen molar-refractivity contribution in [2.75, 3.05) is 46.8 Å². The van der Waals surface area contributed by atoms with E-state index in [0.29, 0.717) is 77.3 Å². The van der Waals surface area contributed by atoms with Crippen LogP contribution in [-0.2, 0) is 28.4 Å². The smallest absolute Gasteiger partial charge is 0.413 e. The Hall–Kier alpha value is -4.42. The third-order valence-electron chi connectivity index (χ3n) is 11.4. The maximum atomic E-state index is 15.0. The zero-order valence-corrected chi connectivity index (χ0v) is 50.6. The zero-order chi connectivity index (χ0) is 57.7. The summed E-state index contributed by atoms with van der Waals surface area (Å²) in [4.78, 5) is 93.2. The summed E-state index contributed by atoms with van der Waals surface area (Å²) in [6.07, 6.45) is 2.33. The lowest BCUT2D eigenvalue weighted by molar-refractivity contribution is -0.173. The molecule has 74 heavy (non-hydrogen) atoms. The molecular formula is C55H107N7O12. The molecule has 3 atom stereocenters. The summed E-state index contributed by atoms with van der Waals surface area (Å²) in [6.45, 7) is 36.6. The molecule has 0 aliphatic heterocycles. The van der Waals surface area contributed by atoms with Gasteiger partial charge in [-0.15, -0.1) is 0 Å². The third-order valence-corrected chi connectivity index (χ3v) is 11.4. The fourth-order valence-electron chi connectivity index (χ4n) is 8.32. The topological polar surface area (TPSA) is 212 Å². The highest BCUT2D eigenvalue weighted by molar-refractivity contribution is 5.77. The van der Waals surface area contributed by atoms with Gasteiger partial charge in [0.15, 0.2) is 0 Å². The van der Waals surface area contributed by atoms with Crippen molar-refractivity contribution in [3.05, 3.63) is 0 Å². The van der Waals surface area contributed by atoms with E-state index in [-0.39, 0.29) is 19.6 Å². The van der Waals surface area contributed by atoms with Crippen molar-refractivity contribution in [3.8, 4) is 0 Å². The Morgan fingerprint density at radius 1 is 0.473 bits per heavy atom. The SMILES string of the molecule is CCCCN(C(=O)OC(C)(C)C)C(C(CCCCCCN)CNC(=O)OC(C)(C)CCCCC(N(C)C(=O)OC(C)(C)C)N(CCC)C(=O)OC(C)(C)C)(N(C)C(=O)OC(C)(C)C)N(CCC)C(=O)OC(C)(C)C. The van der Waals surface area contributed by atoms with Crippen molar-refractivity contribution in [3.63, 3.8) is 0 Å². The number of carbonyl (C=O) groups is 6. The number of ether oxygens (including phenoxy) is 6. The maximum Gasteiger partial charge on any atom is 0.413 e. The van der Waals surface area contributed by atoms with Crippen LogP contribution in [0.1, 0.15) is 222 Å². The van der Waals surface area contributed by atoms with Crippen LogP contribution in [0.15, 0.2) is 0 Å². The lowest BCUT2D eigenvalue weighted by atomic mass is 9.88. The van der Waals surface area contributed by atoms with Gasteiger partial charge in [0.2, 0.25) is 5.79 Å². The van der Waals surface area contributed by atoms with E-state index in [9.17, 15) is 24.0 Å². The van der Waals surface area contributed by atoms with Crippen LogP contribution >= 0.6 is 0 Å². The van der Waals surface area contributed by atoms with E-state index in [1.807, 2.05) is 20.8 Å². The molecule has 0 aliphatic rings. The quantitative estimate of drug-likeness (QED) is 0.0446. The first-order valence-corrected chi connectivity index (χ1v) is 27.3. The fourth-order valence-corrected chi connectivity index (χ4v) is 8.32. The molecule has 3 N–H and O–H groups in total. The highest BCUT2D eigenvalue weighted by Gasteiger charge is 2.59.